The number of aromatic nitrogens is 3. The fourth-order valence-corrected chi connectivity index (χ4v) is 2.36. The summed E-state index contributed by atoms with van der Waals surface area (Å²) in [7, 11) is 0. The Bertz CT molecular complexity index is 626. The van der Waals surface area contributed by atoms with Crippen LogP contribution in [0.4, 0.5) is 17.5 Å². The van der Waals surface area contributed by atoms with Crippen LogP contribution in [-0.2, 0) is 0 Å². The highest BCUT2D eigenvalue weighted by molar-refractivity contribution is 6.33. The van der Waals surface area contributed by atoms with E-state index in [4.69, 9.17) is 11.6 Å². The van der Waals surface area contributed by atoms with Crippen molar-refractivity contribution in [2.45, 2.75) is 40.2 Å². The second kappa shape index (κ2) is 5.85. The largest absolute Gasteiger partial charge is 0.364 e. The minimum atomic E-state index is -0.0925. The Balaban J connectivity index is 2.27. The molecule has 0 saturated heterocycles. The molecule has 0 aliphatic carbocycles. The predicted octanol–water partition coefficient (Wildman–Crippen LogP) is 4.10. The van der Waals surface area contributed by atoms with Gasteiger partial charge in [0.05, 0.1) is 16.9 Å². The monoisotopic (exact) mass is 305 g/mol. The number of nitrogens with zero attached hydrogens (tertiary/aromatic N) is 3. The smallest absolute Gasteiger partial charge is 0.249 e. The SMILES string of the molecule is Cc1cc(C)c(Nc2nncc(NC(C)(C)C)n2)c(Cl)c1. The molecule has 0 aliphatic heterocycles. The van der Waals surface area contributed by atoms with Gasteiger partial charge in [0.2, 0.25) is 5.95 Å². The summed E-state index contributed by atoms with van der Waals surface area (Å²) in [6, 6.07) is 3.96. The Morgan fingerprint density at radius 2 is 1.86 bits per heavy atom. The maximum Gasteiger partial charge on any atom is 0.249 e. The van der Waals surface area contributed by atoms with E-state index >= 15 is 0 Å². The molecule has 0 radical (unpaired) electrons. The molecule has 0 bridgehead atoms. The Morgan fingerprint density at radius 1 is 1.14 bits per heavy atom. The minimum Gasteiger partial charge on any atom is -0.364 e. The number of hydrogen-bond donors (Lipinski definition) is 2. The normalized spacial score (nSPS) is 11.3. The summed E-state index contributed by atoms with van der Waals surface area (Å²) in [4.78, 5) is 4.40. The summed E-state index contributed by atoms with van der Waals surface area (Å²) in [6.45, 7) is 10.2. The van der Waals surface area contributed by atoms with Crippen molar-refractivity contribution in [3.8, 4) is 0 Å². The molecule has 0 saturated carbocycles. The van der Waals surface area contributed by atoms with Crippen LogP contribution in [0.1, 0.15) is 31.9 Å². The average molecular weight is 306 g/mol. The van der Waals surface area contributed by atoms with Gasteiger partial charge < -0.3 is 10.6 Å². The van der Waals surface area contributed by atoms with E-state index in [1.807, 2.05) is 19.9 Å². The summed E-state index contributed by atoms with van der Waals surface area (Å²) < 4.78 is 0. The van der Waals surface area contributed by atoms with Gasteiger partial charge in [-0.15, -0.1) is 5.10 Å². The van der Waals surface area contributed by atoms with Crippen LogP contribution in [0, 0.1) is 13.8 Å². The first kappa shape index (κ1) is 15.5. The van der Waals surface area contributed by atoms with E-state index in [1.54, 1.807) is 6.20 Å². The van der Waals surface area contributed by atoms with Gasteiger partial charge in [-0.1, -0.05) is 17.7 Å². The van der Waals surface area contributed by atoms with E-state index in [0.29, 0.717) is 16.8 Å². The van der Waals surface area contributed by atoms with Crippen LogP contribution < -0.4 is 10.6 Å². The molecule has 0 fully saturated rings. The number of aryl methyl sites for hydroxylation is 2. The summed E-state index contributed by atoms with van der Waals surface area (Å²) in [5.41, 5.74) is 2.87. The number of halogens is 1. The molecular formula is C15H20ClN5. The Kier molecular flexibility index (Phi) is 4.32. The van der Waals surface area contributed by atoms with Crippen LogP contribution in [0.25, 0.3) is 0 Å². The second-order valence-corrected chi connectivity index (χ2v) is 6.51. The van der Waals surface area contributed by atoms with Crippen molar-refractivity contribution in [1.29, 1.82) is 0 Å². The highest BCUT2D eigenvalue weighted by atomic mass is 35.5. The Hall–Kier alpha value is -1.88. The molecule has 6 heteroatoms. The lowest BCUT2D eigenvalue weighted by atomic mass is 10.1. The summed E-state index contributed by atoms with van der Waals surface area (Å²) in [6.07, 6.45) is 1.60. The average Bonchev–Trinajstić information content (AvgIpc) is 2.32. The lowest BCUT2D eigenvalue weighted by Gasteiger charge is -2.21. The molecule has 1 aromatic carbocycles. The van der Waals surface area contributed by atoms with Crippen LogP contribution in [0.3, 0.4) is 0 Å². The fourth-order valence-electron chi connectivity index (χ4n) is 1.99. The molecule has 1 heterocycles. The third-order valence-electron chi connectivity index (χ3n) is 2.73. The molecular weight excluding hydrogens is 286 g/mol. The maximum absolute atomic E-state index is 6.28. The van der Waals surface area contributed by atoms with Crippen molar-refractivity contribution in [2.24, 2.45) is 0 Å². The van der Waals surface area contributed by atoms with Gasteiger partial charge in [-0.05, 0) is 51.8 Å². The van der Waals surface area contributed by atoms with Crippen LogP contribution in [-0.4, -0.2) is 20.7 Å². The first-order valence-corrected chi connectivity index (χ1v) is 7.14. The fraction of sp³-hybridized carbons (Fsp3) is 0.400. The van der Waals surface area contributed by atoms with Crippen molar-refractivity contribution in [1.82, 2.24) is 15.2 Å². The Morgan fingerprint density at radius 3 is 2.48 bits per heavy atom. The third kappa shape index (κ3) is 4.29. The molecule has 1 aromatic heterocycles. The van der Waals surface area contributed by atoms with Gasteiger partial charge in [-0.2, -0.15) is 10.1 Å². The molecule has 5 nitrogen and oxygen atoms in total. The van der Waals surface area contributed by atoms with Gasteiger partial charge in [0.25, 0.3) is 0 Å². The van der Waals surface area contributed by atoms with Gasteiger partial charge in [-0.3, -0.25) is 0 Å². The summed E-state index contributed by atoms with van der Waals surface area (Å²) in [5.74, 6) is 1.08. The number of anilines is 3. The van der Waals surface area contributed by atoms with Crippen molar-refractivity contribution in [3.63, 3.8) is 0 Å². The van der Waals surface area contributed by atoms with E-state index in [9.17, 15) is 0 Å². The predicted molar refractivity (Wildman–Crippen MR) is 87.4 cm³/mol. The molecule has 21 heavy (non-hydrogen) atoms. The number of rotatable bonds is 3. The van der Waals surface area contributed by atoms with E-state index in [-0.39, 0.29) is 5.54 Å². The molecule has 0 unspecified atom stereocenters. The number of nitrogens with one attached hydrogen (secondary N) is 2. The van der Waals surface area contributed by atoms with E-state index in [1.165, 1.54) is 0 Å². The maximum atomic E-state index is 6.28. The van der Waals surface area contributed by atoms with Crippen LogP contribution in [0.5, 0.6) is 0 Å². The van der Waals surface area contributed by atoms with E-state index in [0.717, 1.165) is 16.8 Å². The minimum absolute atomic E-state index is 0.0925. The first-order valence-electron chi connectivity index (χ1n) is 6.76. The molecule has 0 atom stereocenters. The zero-order chi connectivity index (χ0) is 15.6. The van der Waals surface area contributed by atoms with Gasteiger partial charge in [-0.25, -0.2) is 0 Å². The number of benzene rings is 1. The van der Waals surface area contributed by atoms with Crippen LogP contribution in [0.15, 0.2) is 18.3 Å². The van der Waals surface area contributed by atoms with Crippen molar-refractivity contribution >= 4 is 29.1 Å². The molecule has 2 aromatic rings. The third-order valence-corrected chi connectivity index (χ3v) is 3.03. The lowest BCUT2D eigenvalue weighted by molar-refractivity contribution is 0.629. The van der Waals surface area contributed by atoms with Crippen molar-refractivity contribution in [2.75, 3.05) is 10.6 Å². The van der Waals surface area contributed by atoms with Crippen LogP contribution >= 0.6 is 11.6 Å². The van der Waals surface area contributed by atoms with Gasteiger partial charge in [0, 0.05) is 5.54 Å². The van der Waals surface area contributed by atoms with Crippen molar-refractivity contribution in [3.05, 3.63) is 34.5 Å². The first-order chi connectivity index (χ1) is 9.74. The molecule has 112 valence electrons. The molecule has 0 spiro atoms. The summed E-state index contributed by atoms with van der Waals surface area (Å²) >= 11 is 6.28. The molecule has 0 aliphatic rings. The summed E-state index contributed by atoms with van der Waals surface area (Å²) in [5, 5.41) is 15.0. The van der Waals surface area contributed by atoms with Crippen LogP contribution in [0.2, 0.25) is 5.02 Å². The lowest BCUT2D eigenvalue weighted by Crippen LogP contribution is -2.27. The highest BCUT2D eigenvalue weighted by Crippen LogP contribution is 2.29. The van der Waals surface area contributed by atoms with Gasteiger partial charge in [0.15, 0.2) is 5.82 Å². The molecule has 2 N–H and O–H groups in total. The van der Waals surface area contributed by atoms with E-state index in [2.05, 4.69) is 52.7 Å². The molecule has 0 amide bonds. The molecule has 2 rings (SSSR count). The van der Waals surface area contributed by atoms with Gasteiger partial charge >= 0.3 is 0 Å². The standard InChI is InChI=1S/C15H20ClN5/c1-9-6-10(2)13(11(16)7-9)19-14-18-12(8-17-21-14)20-15(3,4)5/h6-8H,1-5H3,(H2,18,19,20,21). The number of hydrogen-bond acceptors (Lipinski definition) is 5. The van der Waals surface area contributed by atoms with E-state index < -0.39 is 0 Å². The zero-order valence-electron chi connectivity index (χ0n) is 13.0. The van der Waals surface area contributed by atoms with Crippen molar-refractivity contribution < 1.29 is 0 Å². The zero-order valence-corrected chi connectivity index (χ0v) is 13.7. The Labute approximate surface area is 130 Å². The quantitative estimate of drug-likeness (QED) is 0.894. The second-order valence-electron chi connectivity index (χ2n) is 6.10. The van der Waals surface area contributed by atoms with Gasteiger partial charge in [0.1, 0.15) is 0 Å². The highest BCUT2D eigenvalue weighted by Gasteiger charge is 2.12. The topological polar surface area (TPSA) is 62.7 Å².